The molecule has 2 fully saturated rings. The van der Waals surface area contributed by atoms with Gasteiger partial charge in [-0.15, -0.1) is 0 Å². The van der Waals surface area contributed by atoms with Crippen molar-refractivity contribution >= 4 is 28.6 Å². The lowest BCUT2D eigenvalue weighted by molar-refractivity contribution is 0.577. The van der Waals surface area contributed by atoms with Gasteiger partial charge in [-0.2, -0.15) is 4.39 Å². The van der Waals surface area contributed by atoms with E-state index in [9.17, 15) is 4.39 Å². The van der Waals surface area contributed by atoms with Crippen molar-refractivity contribution < 1.29 is 4.39 Å². The summed E-state index contributed by atoms with van der Waals surface area (Å²) in [4.78, 5) is 19.4. The summed E-state index contributed by atoms with van der Waals surface area (Å²) in [5.41, 5.74) is 9.14. The molecule has 0 aromatic carbocycles. The molecule has 0 spiro atoms. The number of nitrogens with zero attached hydrogens (tertiary/aromatic N) is 5. The molecule has 2 aliphatic rings. The number of piperazine rings is 1. The quantitative estimate of drug-likeness (QED) is 0.335. The summed E-state index contributed by atoms with van der Waals surface area (Å²) in [6, 6.07) is 5.21. The van der Waals surface area contributed by atoms with Crippen molar-refractivity contribution in [2.24, 2.45) is 10.7 Å². The van der Waals surface area contributed by atoms with Crippen molar-refractivity contribution in [2.45, 2.75) is 60.0 Å². The van der Waals surface area contributed by atoms with Crippen LogP contribution in [0.2, 0.25) is 0 Å². The number of halogens is 1. The number of nitrogens with two attached hydrogens (primary N) is 1. The summed E-state index contributed by atoms with van der Waals surface area (Å²) >= 11 is 0. The number of anilines is 2. The first-order valence-electron chi connectivity index (χ1n) is 13.0. The average Bonchev–Trinajstić information content (AvgIpc) is 3.57. The zero-order valence-corrected chi connectivity index (χ0v) is 24.2. The normalized spacial score (nSPS) is 17.7. The molecule has 0 saturated carbocycles. The van der Waals surface area contributed by atoms with Crippen LogP contribution in [0.25, 0.3) is 11.0 Å². The Labute approximate surface area is 227 Å². The van der Waals surface area contributed by atoms with Gasteiger partial charge in [-0.1, -0.05) is 37.6 Å². The number of hydrogen-bond acceptors (Lipinski definition) is 8. The zero-order valence-electron chi connectivity index (χ0n) is 24.2. The highest BCUT2D eigenvalue weighted by molar-refractivity contribution is 5.87. The minimum atomic E-state index is -0.412. The van der Waals surface area contributed by atoms with Crippen molar-refractivity contribution in [3.05, 3.63) is 66.2 Å². The second-order valence-electron chi connectivity index (χ2n) is 8.87. The van der Waals surface area contributed by atoms with Crippen LogP contribution in [0, 0.1) is 0 Å². The maximum atomic E-state index is 12.1. The maximum absolute atomic E-state index is 12.1. The molecule has 2 bridgehead atoms. The molecule has 4 N–H and O–H groups in total. The van der Waals surface area contributed by atoms with Crippen LogP contribution in [0.3, 0.4) is 0 Å². The molecule has 2 aromatic rings. The third-order valence-electron chi connectivity index (χ3n) is 5.52. The highest BCUT2D eigenvalue weighted by Crippen LogP contribution is 2.30. The number of nitrogens with one attached hydrogen (secondary N) is 2. The van der Waals surface area contributed by atoms with E-state index < -0.39 is 5.97 Å². The number of aliphatic imine (C=N–C) groups is 1. The van der Waals surface area contributed by atoms with E-state index >= 15 is 0 Å². The average molecular weight is 525 g/mol. The van der Waals surface area contributed by atoms with E-state index in [1.165, 1.54) is 32.2 Å². The Morgan fingerprint density at radius 1 is 1.16 bits per heavy atom. The standard InChI is InChI=1S/C20H24N6.C6H10FN.C2H6.CH5N/c1-4-14(6-5-13(2)3)24-20-19-17(22-12-23-20)7-8-18(25-19)26-11-15-9-16(26)10-21-15;1-5(2)4-6(7)8-3;2*1-2/h4-8,12,15-16,21H,1,9-11H2,2-3H3,(H,22,23,24);4H,1-3H3;1-2H3;2H2,1H3/b14-6+;;;. The second kappa shape index (κ2) is 17.1. The van der Waals surface area contributed by atoms with Crippen LogP contribution < -0.4 is 21.3 Å². The molecule has 9 heteroatoms. The minimum absolute atomic E-state index is 0.412. The van der Waals surface area contributed by atoms with E-state index in [1.54, 1.807) is 12.4 Å². The molecule has 0 radical (unpaired) electrons. The fraction of sp³-hybridized carbons (Fsp3) is 0.448. The summed E-state index contributed by atoms with van der Waals surface area (Å²) in [5.74, 6) is 1.29. The zero-order chi connectivity index (χ0) is 28.7. The number of hydrogen-bond donors (Lipinski definition) is 3. The lowest BCUT2D eigenvalue weighted by atomic mass is 10.2. The molecule has 4 heterocycles. The molecule has 8 nitrogen and oxygen atoms in total. The van der Waals surface area contributed by atoms with Gasteiger partial charge in [-0.05, 0) is 71.5 Å². The third-order valence-corrected chi connectivity index (χ3v) is 5.52. The predicted molar refractivity (Wildman–Crippen MR) is 162 cm³/mol. The Kier molecular flexibility index (Phi) is 14.7. The van der Waals surface area contributed by atoms with Gasteiger partial charge < -0.3 is 21.3 Å². The van der Waals surface area contributed by atoms with Gasteiger partial charge in [0.25, 0.3) is 0 Å². The molecule has 0 aliphatic carbocycles. The molecule has 2 unspecified atom stereocenters. The van der Waals surface area contributed by atoms with Crippen molar-refractivity contribution in [3.63, 3.8) is 0 Å². The summed E-state index contributed by atoms with van der Waals surface area (Å²) in [6.45, 7) is 17.7. The van der Waals surface area contributed by atoms with Crippen LogP contribution in [-0.2, 0) is 0 Å². The van der Waals surface area contributed by atoms with Crippen molar-refractivity contribution in [1.29, 1.82) is 0 Å². The molecule has 2 aromatic heterocycles. The number of fused-ring (bicyclic) bond motifs is 3. The van der Waals surface area contributed by atoms with Crippen LogP contribution in [0.1, 0.15) is 48.0 Å². The Morgan fingerprint density at radius 3 is 2.37 bits per heavy atom. The summed E-state index contributed by atoms with van der Waals surface area (Å²) < 4.78 is 12.1. The fourth-order valence-electron chi connectivity index (χ4n) is 3.88. The molecular weight excluding hydrogens is 479 g/mol. The number of pyridine rings is 1. The highest BCUT2D eigenvalue weighted by atomic mass is 19.1. The van der Waals surface area contributed by atoms with Gasteiger partial charge in [-0.25, -0.2) is 15.0 Å². The van der Waals surface area contributed by atoms with Gasteiger partial charge in [0, 0.05) is 37.9 Å². The molecule has 4 rings (SSSR count). The van der Waals surface area contributed by atoms with Crippen LogP contribution in [0.4, 0.5) is 16.0 Å². The Morgan fingerprint density at radius 2 is 1.87 bits per heavy atom. The van der Waals surface area contributed by atoms with Crippen molar-refractivity contribution in [3.8, 4) is 0 Å². The van der Waals surface area contributed by atoms with E-state index in [4.69, 9.17) is 4.98 Å². The Balaban J connectivity index is 0.000000514. The summed E-state index contributed by atoms with van der Waals surface area (Å²) in [6.07, 6.45) is 9.96. The van der Waals surface area contributed by atoms with Crippen LogP contribution in [0.15, 0.2) is 71.2 Å². The lowest BCUT2D eigenvalue weighted by Crippen LogP contribution is -2.44. The Hall–Kier alpha value is -3.43. The Bertz CT molecular complexity index is 1140. The van der Waals surface area contributed by atoms with Gasteiger partial charge >= 0.3 is 0 Å². The van der Waals surface area contributed by atoms with Gasteiger partial charge in [0.05, 0.1) is 5.52 Å². The van der Waals surface area contributed by atoms with E-state index in [0.29, 0.717) is 17.9 Å². The van der Waals surface area contributed by atoms with E-state index in [1.807, 2.05) is 45.9 Å². The van der Waals surface area contributed by atoms with E-state index in [2.05, 4.69) is 62.7 Å². The van der Waals surface area contributed by atoms with E-state index in [-0.39, 0.29) is 0 Å². The fourth-order valence-corrected chi connectivity index (χ4v) is 3.88. The van der Waals surface area contributed by atoms with Gasteiger partial charge in [-0.3, -0.25) is 4.99 Å². The largest absolute Gasteiger partial charge is 0.351 e. The number of rotatable bonds is 6. The number of allylic oxidation sites excluding steroid dienone is 6. The molecule has 208 valence electrons. The maximum Gasteiger partial charge on any atom is 0.207 e. The van der Waals surface area contributed by atoms with Crippen LogP contribution in [-0.4, -0.2) is 60.2 Å². The summed E-state index contributed by atoms with van der Waals surface area (Å²) in [5, 5.41) is 6.86. The monoisotopic (exact) mass is 524 g/mol. The smallest absolute Gasteiger partial charge is 0.207 e. The topological polar surface area (TPSA) is 104 Å². The predicted octanol–water partition coefficient (Wildman–Crippen LogP) is 5.57. The molecule has 38 heavy (non-hydrogen) atoms. The highest BCUT2D eigenvalue weighted by Gasteiger charge is 2.38. The second-order valence-corrected chi connectivity index (χ2v) is 8.87. The number of aromatic nitrogens is 3. The summed E-state index contributed by atoms with van der Waals surface area (Å²) in [7, 11) is 2.93. The molecule has 0 amide bonds. The molecule has 2 atom stereocenters. The lowest BCUT2D eigenvalue weighted by Gasteiger charge is -2.28. The van der Waals surface area contributed by atoms with Gasteiger partial charge in [0.15, 0.2) is 5.82 Å². The molecule has 2 saturated heterocycles. The first kappa shape index (κ1) is 32.6. The third kappa shape index (κ3) is 9.79. The van der Waals surface area contributed by atoms with E-state index in [0.717, 1.165) is 41.2 Å². The van der Waals surface area contributed by atoms with Crippen molar-refractivity contribution in [1.82, 2.24) is 20.3 Å². The van der Waals surface area contributed by atoms with Crippen molar-refractivity contribution in [2.75, 3.05) is 37.4 Å². The van der Waals surface area contributed by atoms with Crippen LogP contribution in [0.5, 0.6) is 0 Å². The first-order valence-corrected chi connectivity index (χ1v) is 13.0. The molecular formula is C29H45FN8. The van der Waals surface area contributed by atoms with Gasteiger partial charge in [0.1, 0.15) is 17.7 Å². The SMILES string of the molecule is C=C/C(=C\C=C(C)C)Nc1ncnc2ccc(N3CC4CC3CN4)nc12.CC.CN.CN=C(F)C=C(C)C. The minimum Gasteiger partial charge on any atom is -0.351 e. The van der Waals surface area contributed by atoms with Gasteiger partial charge in [0.2, 0.25) is 5.97 Å². The van der Waals surface area contributed by atoms with Crippen LogP contribution >= 0.6 is 0 Å². The first-order chi connectivity index (χ1) is 18.3. The molecule has 2 aliphatic heterocycles.